The third-order valence-corrected chi connectivity index (χ3v) is 4.88. The van der Waals surface area contributed by atoms with Gasteiger partial charge in [-0.15, -0.1) is 11.8 Å². The summed E-state index contributed by atoms with van der Waals surface area (Å²) in [4.78, 5) is 40.9. The number of thioether (sulfide) groups is 1. The summed E-state index contributed by atoms with van der Waals surface area (Å²) in [7, 11) is 0. The number of ether oxygens (including phenoxy) is 2. The Kier molecular flexibility index (Phi) is 7.64. The van der Waals surface area contributed by atoms with E-state index in [1.807, 2.05) is 0 Å². The topological polar surface area (TPSA) is 79.4 Å². The first-order valence-corrected chi connectivity index (χ1v) is 9.40. The molecule has 136 valence electrons. The maximum atomic E-state index is 12.2. The van der Waals surface area contributed by atoms with Crippen LogP contribution in [0.25, 0.3) is 0 Å². The highest BCUT2D eigenvalue weighted by molar-refractivity contribution is 8.00. The summed E-state index contributed by atoms with van der Waals surface area (Å²) in [5.74, 6) is 0.672. The molecule has 0 aromatic heterocycles. The Morgan fingerprint density at radius 1 is 0.875 bits per heavy atom. The van der Waals surface area contributed by atoms with Crippen LogP contribution in [-0.4, -0.2) is 103 Å². The van der Waals surface area contributed by atoms with Crippen LogP contribution in [0.3, 0.4) is 0 Å². The van der Waals surface area contributed by atoms with Gasteiger partial charge in [0.05, 0.1) is 31.3 Å². The highest BCUT2D eigenvalue weighted by Crippen LogP contribution is 2.09. The summed E-state index contributed by atoms with van der Waals surface area (Å²) in [5, 5.41) is 0. The molecule has 0 unspecified atom stereocenters. The van der Waals surface area contributed by atoms with Gasteiger partial charge in [0.25, 0.3) is 0 Å². The zero-order valence-electron chi connectivity index (χ0n) is 14.1. The Bertz CT molecular complexity index is 448. The Balaban J connectivity index is 1.63. The van der Waals surface area contributed by atoms with Crippen molar-refractivity contribution in [2.24, 2.45) is 0 Å². The van der Waals surface area contributed by atoms with Gasteiger partial charge in [-0.05, 0) is 6.92 Å². The van der Waals surface area contributed by atoms with Gasteiger partial charge >= 0.3 is 6.09 Å². The van der Waals surface area contributed by atoms with Crippen molar-refractivity contribution in [1.29, 1.82) is 0 Å². The number of nitrogens with zero attached hydrogens (tertiary/aromatic N) is 3. The molecule has 8 nitrogen and oxygen atoms in total. The van der Waals surface area contributed by atoms with Crippen LogP contribution in [0.1, 0.15) is 6.92 Å². The number of rotatable bonds is 5. The average Bonchev–Trinajstić information content (AvgIpc) is 2.62. The number of hydrogen-bond donors (Lipinski definition) is 0. The summed E-state index contributed by atoms with van der Waals surface area (Å²) in [6.07, 6.45) is -0.324. The largest absolute Gasteiger partial charge is 0.450 e. The maximum absolute atomic E-state index is 12.2. The molecule has 0 bridgehead atoms. The zero-order valence-corrected chi connectivity index (χ0v) is 14.9. The Hall–Kier alpha value is -1.48. The van der Waals surface area contributed by atoms with E-state index in [0.29, 0.717) is 64.8 Å². The molecule has 0 aromatic rings. The molecule has 0 aliphatic carbocycles. The fraction of sp³-hybridized carbons (Fsp3) is 0.800. The Morgan fingerprint density at radius 3 is 1.92 bits per heavy atom. The summed E-state index contributed by atoms with van der Waals surface area (Å²) in [6, 6.07) is 0. The fourth-order valence-corrected chi connectivity index (χ4v) is 3.39. The monoisotopic (exact) mass is 359 g/mol. The first-order chi connectivity index (χ1) is 11.6. The average molecular weight is 359 g/mol. The molecule has 0 saturated carbocycles. The van der Waals surface area contributed by atoms with Crippen molar-refractivity contribution in [3.05, 3.63) is 0 Å². The van der Waals surface area contributed by atoms with Gasteiger partial charge in [0.15, 0.2) is 0 Å². The zero-order chi connectivity index (χ0) is 17.4. The highest BCUT2D eigenvalue weighted by atomic mass is 32.2. The molecule has 0 aromatic carbocycles. The van der Waals surface area contributed by atoms with Crippen molar-refractivity contribution in [3.63, 3.8) is 0 Å². The van der Waals surface area contributed by atoms with Crippen LogP contribution in [0.4, 0.5) is 4.79 Å². The van der Waals surface area contributed by atoms with E-state index in [4.69, 9.17) is 9.47 Å². The van der Waals surface area contributed by atoms with Crippen LogP contribution in [0.15, 0.2) is 0 Å². The number of hydrogen-bond acceptors (Lipinski definition) is 6. The molecular weight excluding hydrogens is 334 g/mol. The van der Waals surface area contributed by atoms with Gasteiger partial charge < -0.3 is 24.2 Å². The lowest BCUT2D eigenvalue weighted by atomic mass is 10.3. The van der Waals surface area contributed by atoms with Crippen LogP contribution in [-0.2, 0) is 19.1 Å². The van der Waals surface area contributed by atoms with E-state index in [1.165, 1.54) is 11.8 Å². The van der Waals surface area contributed by atoms with E-state index in [0.717, 1.165) is 0 Å². The molecule has 24 heavy (non-hydrogen) atoms. The summed E-state index contributed by atoms with van der Waals surface area (Å²) >= 11 is 1.34. The van der Waals surface area contributed by atoms with E-state index < -0.39 is 0 Å². The van der Waals surface area contributed by atoms with Crippen molar-refractivity contribution in [2.75, 3.05) is 70.6 Å². The lowest BCUT2D eigenvalue weighted by Gasteiger charge is -2.34. The number of morpholine rings is 1. The molecule has 2 aliphatic rings. The van der Waals surface area contributed by atoms with Crippen LogP contribution in [0.5, 0.6) is 0 Å². The molecule has 2 fully saturated rings. The van der Waals surface area contributed by atoms with E-state index in [9.17, 15) is 14.4 Å². The molecule has 2 rings (SSSR count). The third kappa shape index (κ3) is 5.55. The van der Waals surface area contributed by atoms with E-state index >= 15 is 0 Å². The first-order valence-electron chi connectivity index (χ1n) is 8.24. The van der Waals surface area contributed by atoms with Crippen LogP contribution < -0.4 is 0 Å². The van der Waals surface area contributed by atoms with Gasteiger partial charge in [0, 0.05) is 39.3 Å². The minimum Gasteiger partial charge on any atom is -0.450 e. The second-order valence-electron chi connectivity index (χ2n) is 5.55. The Labute approximate surface area is 146 Å². The molecule has 9 heteroatoms. The van der Waals surface area contributed by atoms with Gasteiger partial charge in [-0.25, -0.2) is 4.79 Å². The predicted octanol–water partition coefficient (Wildman–Crippen LogP) is -0.121. The molecule has 2 aliphatic heterocycles. The molecule has 2 heterocycles. The van der Waals surface area contributed by atoms with Crippen LogP contribution in [0.2, 0.25) is 0 Å². The molecule has 2 saturated heterocycles. The lowest BCUT2D eigenvalue weighted by Crippen LogP contribution is -2.51. The van der Waals surface area contributed by atoms with Gasteiger partial charge in [0.1, 0.15) is 0 Å². The smallest absolute Gasteiger partial charge is 0.409 e. The van der Waals surface area contributed by atoms with Gasteiger partial charge in [-0.3, -0.25) is 9.59 Å². The minimum atomic E-state index is -0.324. The van der Waals surface area contributed by atoms with Crippen molar-refractivity contribution in [3.8, 4) is 0 Å². The quantitative estimate of drug-likeness (QED) is 0.681. The summed E-state index contributed by atoms with van der Waals surface area (Å²) in [5.41, 5.74) is 0. The van der Waals surface area contributed by atoms with Crippen LogP contribution >= 0.6 is 11.8 Å². The number of carbonyl (C=O) groups is 3. The minimum absolute atomic E-state index is 0.0123. The fourth-order valence-electron chi connectivity index (χ4n) is 2.57. The van der Waals surface area contributed by atoms with Crippen molar-refractivity contribution < 1.29 is 23.9 Å². The van der Waals surface area contributed by atoms with Crippen molar-refractivity contribution in [1.82, 2.24) is 14.7 Å². The summed E-state index contributed by atoms with van der Waals surface area (Å²) in [6.45, 7) is 6.54. The Morgan fingerprint density at radius 2 is 1.38 bits per heavy atom. The van der Waals surface area contributed by atoms with E-state index in [1.54, 1.807) is 21.6 Å². The second-order valence-corrected chi connectivity index (χ2v) is 6.54. The molecule has 3 amide bonds. The first kappa shape index (κ1) is 18.9. The van der Waals surface area contributed by atoms with Gasteiger partial charge in [-0.2, -0.15) is 0 Å². The summed E-state index contributed by atoms with van der Waals surface area (Å²) < 4.78 is 10.2. The molecule has 0 spiro atoms. The molecule has 0 N–H and O–H groups in total. The van der Waals surface area contributed by atoms with Gasteiger partial charge in [0.2, 0.25) is 11.8 Å². The van der Waals surface area contributed by atoms with Crippen LogP contribution in [0, 0.1) is 0 Å². The normalized spacial score (nSPS) is 18.5. The number of carbonyl (C=O) groups excluding carboxylic acids is 3. The highest BCUT2D eigenvalue weighted by Gasteiger charge is 2.25. The molecule has 0 atom stereocenters. The second kappa shape index (κ2) is 9.73. The van der Waals surface area contributed by atoms with Gasteiger partial charge in [-0.1, -0.05) is 0 Å². The number of piperazine rings is 1. The van der Waals surface area contributed by atoms with E-state index in [-0.39, 0.29) is 23.7 Å². The maximum Gasteiger partial charge on any atom is 0.409 e. The molecule has 0 radical (unpaired) electrons. The number of amides is 3. The SMILES string of the molecule is CCOC(=O)N1CCN(C(=O)CSCC(=O)N2CCOCC2)CC1. The lowest BCUT2D eigenvalue weighted by molar-refractivity contribution is -0.132. The van der Waals surface area contributed by atoms with Crippen molar-refractivity contribution >= 4 is 29.7 Å². The van der Waals surface area contributed by atoms with Crippen molar-refractivity contribution in [2.45, 2.75) is 6.92 Å². The standard InChI is InChI=1S/C15H25N3O5S/c1-2-23-15(21)18-5-3-16(4-6-18)13(19)11-24-12-14(20)17-7-9-22-10-8-17/h2-12H2,1H3. The molecular formula is C15H25N3O5S. The van der Waals surface area contributed by atoms with E-state index in [2.05, 4.69) is 0 Å². The predicted molar refractivity (Wildman–Crippen MR) is 89.9 cm³/mol. The third-order valence-electron chi connectivity index (χ3n) is 3.97.